The Morgan fingerprint density at radius 2 is 0.970 bits per heavy atom. The van der Waals surface area contributed by atoms with Crippen molar-refractivity contribution in [1.82, 2.24) is 5.32 Å². The zero-order valence-corrected chi connectivity index (χ0v) is 40.9. The quantitative estimate of drug-likeness (QED) is 0.0221. The Morgan fingerprint density at radius 3 is 1.48 bits per heavy atom. The minimum Gasteiger partial charge on any atom is -0.394 e. The van der Waals surface area contributed by atoms with Gasteiger partial charge in [-0.2, -0.15) is 0 Å². The first-order valence-corrected chi connectivity index (χ1v) is 26.2. The van der Waals surface area contributed by atoms with Crippen molar-refractivity contribution < 1.29 is 64.6 Å². The van der Waals surface area contributed by atoms with Gasteiger partial charge in [0.15, 0.2) is 12.6 Å². The molecule has 0 aliphatic carbocycles. The Hall–Kier alpha value is -1.79. The van der Waals surface area contributed by atoms with Gasteiger partial charge in [0.2, 0.25) is 5.91 Å². The number of rotatable bonds is 40. The van der Waals surface area contributed by atoms with Crippen LogP contribution in [0, 0.1) is 0 Å². The molecule has 2 aliphatic heterocycles. The van der Waals surface area contributed by atoms with Gasteiger partial charge in [-0.25, -0.2) is 0 Å². The van der Waals surface area contributed by atoms with E-state index in [1.807, 2.05) is 6.08 Å². The second-order valence-electron chi connectivity index (χ2n) is 18.6. The second-order valence-corrected chi connectivity index (χ2v) is 18.6. The van der Waals surface area contributed by atoms with Gasteiger partial charge in [0.25, 0.3) is 0 Å². The molecule has 2 fully saturated rings. The minimum atomic E-state index is -1.79. The average molecular weight is 942 g/mol. The van der Waals surface area contributed by atoms with Crippen LogP contribution in [-0.2, 0) is 23.7 Å². The van der Waals surface area contributed by atoms with Gasteiger partial charge < -0.3 is 65.1 Å². The monoisotopic (exact) mass is 942 g/mol. The van der Waals surface area contributed by atoms with E-state index in [4.69, 9.17) is 18.9 Å². The standard InChI is InChI=1S/C52H95NO13/c1-3-5-7-9-11-13-15-17-19-20-22-23-25-27-29-31-33-35-41(56)40(53-44(57)36-34-32-30-28-26-24-21-18-16-14-12-10-8-6-4-2)39-63-51-49(62)47(60)50(43(38-55)65-51)66-52-48(61)46(59)45(58)42(37-54)64-52/h19-20,25,27,33,35,40-43,45-52,54-56,58-62H,3-18,21-24,26,28-32,34,36-39H2,1-2H3,(H,53,57)/b20-19+,27-25+,35-33+. The SMILES string of the molecule is CCCCCCCCC/C=C/CC/C=C/CC/C=C/C(O)C(COC1OC(CO)C(OC2OC(CO)C(O)C(O)C2O)C(O)C1O)NC(=O)CCCCCCCCCCCCCCCCC. The molecule has 0 radical (unpaired) electrons. The number of nitrogens with one attached hydrogen (secondary N) is 1. The highest BCUT2D eigenvalue weighted by Crippen LogP contribution is 2.30. The number of carbonyl (C=O) groups excluding carboxylic acids is 1. The van der Waals surface area contributed by atoms with Crippen LogP contribution in [0.1, 0.15) is 194 Å². The molecule has 12 unspecified atom stereocenters. The first kappa shape index (κ1) is 60.3. The van der Waals surface area contributed by atoms with E-state index >= 15 is 0 Å². The van der Waals surface area contributed by atoms with Crippen molar-refractivity contribution in [2.45, 2.75) is 267 Å². The van der Waals surface area contributed by atoms with Crippen LogP contribution in [0.5, 0.6) is 0 Å². The molecule has 1 amide bonds. The third kappa shape index (κ3) is 25.7. The van der Waals surface area contributed by atoms with E-state index in [-0.39, 0.29) is 18.9 Å². The summed E-state index contributed by atoms with van der Waals surface area (Å²) in [7, 11) is 0. The maximum Gasteiger partial charge on any atom is 0.220 e. The van der Waals surface area contributed by atoms with Crippen molar-refractivity contribution in [3.05, 3.63) is 36.5 Å². The number of aliphatic hydroxyl groups excluding tert-OH is 8. The van der Waals surface area contributed by atoms with Crippen molar-refractivity contribution in [2.24, 2.45) is 0 Å². The molecule has 14 heteroatoms. The molecule has 9 N–H and O–H groups in total. The highest BCUT2D eigenvalue weighted by atomic mass is 16.7. The summed E-state index contributed by atoms with van der Waals surface area (Å²) >= 11 is 0. The summed E-state index contributed by atoms with van der Waals surface area (Å²) in [5, 5.41) is 86.7. The molecule has 2 aliphatic rings. The van der Waals surface area contributed by atoms with Crippen molar-refractivity contribution in [2.75, 3.05) is 19.8 Å². The molecular formula is C52H95NO13. The van der Waals surface area contributed by atoms with Crippen LogP contribution < -0.4 is 5.32 Å². The lowest BCUT2D eigenvalue weighted by Crippen LogP contribution is -2.65. The molecule has 0 aromatic heterocycles. The summed E-state index contributed by atoms with van der Waals surface area (Å²) in [4.78, 5) is 13.2. The summed E-state index contributed by atoms with van der Waals surface area (Å²) in [6, 6.07) is -0.933. The molecule has 2 saturated heterocycles. The fraction of sp³-hybridized carbons (Fsp3) is 0.865. The van der Waals surface area contributed by atoms with Crippen molar-refractivity contribution >= 4 is 5.91 Å². The molecule has 14 nitrogen and oxygen atoms in total. The van der Waals surface area contributed by atoms with E-state index < -0.39 is 86.8 Å². The van der Waals surface area contributed by atoms with Crippen LogP contribution in [0.3, 0.4) is 0 Å². The Balaban J connectivity index is 1.87. The second kappa shape index (κ2) is 39.0. The molecular weight excluding hydrogens is 847 g/mol. The van der Waals surface area contributed by atoms with Crippen LogP contribution >= 0.6 is 0 Å². The fourth-order valence-electron chi connectivity index (χ4n) is 8.50. The van der Waals surface area contributed by atoms with Gasteiger partial charge in [-0.3, -0.25) is 4.79 Å². The van der Waals surface area contributed by atoms with E-state index in [0.717, 1.165) is 44.9 Å². The number of ether oxygens (including phenoxy) is 4. The zero-order chi connectivity index (χ0) is 48.2. The smallest absolute Gasteiger partial charge is 0.220 e. The highest BCUT2D eigenvalue weighted by molar-refractivity contribution is 5.76. The molecule has 0 bridgehead atoms. The van der Waals surface area contributed by atoms with Crippen molar-refractivity contribution in [1.29, 1.82) is 0 Å². The molecule has 0 aromatic carbocycles. The van der Waals surface area contributed by atoms with Gasteiger partial charge in [-0.1, -0.05) is 179 Å². The predicted molar refractivity (Wildman–Crippen MR) is 258 cm³/mol. The first-order chi connectivity index (χ1) is 32.1. The summed E-state index contributed by atoms with van der Waals surface area (Å²) < 4.78 is 22.7. The molecule has 2 rings (SSSR count). The normalized spacial score (nSPS) is 27.1. The number of allylic oxidation sites excluding steroid dienone is 5. The predicted octanol–water partition coefficient (Wildman–Crippen LogP) is 7.10. The van der Waals surface area contributed by atoms with Crippen LogP contribution in [0.15, 0.2) is 36.5 Å². The van der Waals surface area contributed by atoms with E-state index in [9.17, 15) is 45.6 Å². The highest BCUT2D eigenvalue weighted by Gasteiger charge is 2.51. The number of hydrogen-bond acceptors (Lipinski definition) is 13. The lowest BCUT2D eigenvalue weighted by Gasteiger charge is -2.46. The van der Waals surface area contributed by atoms with Gasteiger partial charge >= 0.3 is 0 Å². The molecule has 66 heavy (non-hydrogen) atoms. The minimum absolute atomic E-state index is 0.253. The van der Waals surface area contributed by atoms with Crippen molar-refractivity contribution in [3.8, 4) is 0 Å². The third-order valence-electron chi connectivity index (χ3n) is 12.8. The Kier molecular flexibility index (Phi) is 35.6. The van der Waals surface area contributed by atoms with E-state index in [2.05, 4.69) is 43.5 Å². The van der Waals surface area contributed by atoms with Gasteiger partial charge in [-0.15, -0.1) is 0 Å². The van der Waals surface area contributed by atoms with Crippen LogP contribution in [0.25, 0.3) is 0 Å². The maximum absolute atomic E-state index is 13.2. The summed E-state index contributed by atoms with van der Waals surface area (Å²) in [6.07, 6.45) is 27.5. The Morgan fingerprint density at radius 1 is 0.530 bits per heavy atom. The number of amides is 1. The third-order valence-corrected chi connectivity index (χ3v) is 12.8. The summed E-state index contributed by atoms with van der Waals surface area (Å²) in [6.45, 7) is 2.75. The number of hydrogen-bond donors (Lipinski definition) is 9. The average Bonchev–Trinajstić information content (AvgIpc) is 3.31. The van der Waals surface area contributed by atoms with Crippen LogP contribution in [0.2, 0.25) is 0 Å². The molecule has 386 valence electrons. The number of unbranched alkanes of at least 4 members (excludes halogenated alkanes) is 23. The maximum atomic E-state index is 13.2. The van der Waals surface area contributed by atoms with Gasteiger partial charge in [0.05, 0.1) is 32.0 Å². The topological polar surface area (TPSA) is 228 Å². The first-order valence-electron chi connectivity index (χ1n) is 26.2. The Labute approximate surface area is 398 Å². The van der Waals surface area contributed by atoms with E-state index in [0.29, 0.717) is 12.8 Å². The van der Waals surface area contributed by atoms with Crippen molar-refractivity contribution in [3.63, 3.8) is 0 Å². The lowest BCUT2D eigenvalue weighted by atomic mass is 9.97. The van der Waals surface area contributed by atoms with Gasteiger partial charge in [0, 0.05) is 6.42 Å². The van der Waals surface area contributed by atoms with Crippen LogP contribution in [-0.4, -0.2) is 140 Å². The molecule has 0 aromatic rings. The molecule has 12 atom stereocenters. The van der Waals surface area contributed by atoms with Gasteiger partial charge in [-0.05, 0) is 44.9 Å². The van der Waals surface area contributed by atoms with Gasteiger partial charge in [0.1, 0.15) is 48.8 Å². The Bertz CT molecular complexity index is 1250. The lowest BCUT2D eigenvalue weighted by molar-refractivity contribution is -0.359. The fourth-order valence-corrected chi connectivity index (χ4v) is 8.50. The largest absolute Gasteiger partial charge is 0.394 e. The molecule has 2 heterocycles. The van der Waals surface area contributed by atoms with E-state index in [1.165, 1.54) is 116 Å². The zero-order valence-electron chi connectivity index (χ0n) is 40.9. The summed E-state index contributed by atoms with van der Waals surface area (Å²) in [5.74, 6) is -0.253. The molecule has 0 saturated carbocycles. The number of aliphatic hydroxyl groups is 8. The summed E-state index contributed by atoms with van der Waals surface area (Å²) in [5.41, 5.74) is 0. The number of carbonyl (C=O) groups is 1. The van der Waals surface area contributed by atoms with Crippen LogP contribution in [0.4, 0.5) is 0 Å². The van der Waals surface area contributed by atoms with E-state index in [1.54, 1.807) is 6.08 Å². The molecule has 0 spiro atoms.